The number of hydrogen-bond donors (Lipinski definition) is 3. The minimum absolute atomic E-state index is 0.342. The molecule has 0 aliphatic heterocycles. The summed E-state index contributed by atoms with van der Waals surface area (Å²) in [6.07, 6.45) is 9.16. The topological polar surface area (TPSA) is 91.5 Å². The zero-order valence-electron chi connectivity index (χ0n) is 22.9. The average Bonchev–Trinajstić information content (AvgIpc) is 3.76. The van der Waals surface area contributed by atoms with Crippen molar-refractivity contribution in [3.8, 4) is 39.5 Å². The Morgan fingerprint density at radius 2 is 1.88 bits per heavy atom. The lowest BCUT2D eigenvalue weighted by molar-refractivity contribution is 0.411. The summed E-state index contributed by atoms with van der Waals surface area (Å²) in [5.41, 5.74) is 8.70. The summed E-state index contributed by atoms with van der Waals surface area (Å²) < 4.78 is 19.6. The van der Waals surface area contributed by atoms with Gasteiger partial charge < -0.3 is 15.0 Å². The molecule has 4 heterocycles. The molecule has 206 valence electrons. The minimum Gasteiger partial charge on any atom is -0.497 e. The van der Waals surface area contributed by atoms with Gasteiger partial charge >= 0.3 is 0 Å². The van der Waals surface area contributed by atoms with Crippen LogP contribution in [0.4, 0.5) is 4.39 Å². The van der Waals surface area contributed by atoms with Gasteiger partial charge in [-0.1, -0.05) is 25.0 Å². The van der Waals surface area contributed by atoms with Gasteiger partial charge in [-0.15, -0.1) is 0 Å². The second-order valence-corrected chi connectivity index (χ2v) is 10.9. The smallest absolute Gasteiger partial charge is 0.135 e. The third-order valence-electron chi connectivity index (χ3n) is 8.07. The molecule has 7 nitrogen and oxygen atoms in total. The predicted molar refractivity (Wildman–Crippen MR) is 160 cm³/mol. The van der Waals surface area contributed by atoms with Gasteiger partial charge in [-0.25, -0.2) is 9.37 Å². The van der Waals surface area contributed by atoms with Gasteiger partial charge in [0.2, 0.25) is 0 Å². The summed E-state index contributed by atoms with van der Waals surface area (Å²) in [7, 11) is 1.54. The lowest BCUT2D eigenvalue weighted by Gasteiger charge is -2.11. The van der Waals surface area contributed by atoms with Gasteiger partial charge in [0.25, 0.3) is 0 Å². The predicted octanol–water partition coefficient (Wildman–Crippen LogP) is 7.26. The molecule has 4 aromatic heterocycles. The van der Waals surface area contributed by atoms with Crippen LogP contribution in [0.2, 0.25) is 0 Å². The first-order valence-corrected chi connectivity index (χ1v) is 14.1. The van der Waals surface area contributed by atoms with Crippen molar-refractivity contribution in [1.29, 1.82) is 0 Å². The Morgan fingerprint density at radius 3 is 2.76 bits per heavy atom. The summed E-state index contributed by atoms with van der Waals surface area (Å²) >= 11 is 0. The third-order valence-corrected chi connectivity index (χ3v) is 8.07. The SMILES string of the molecule is COc1cc(F)cc(-c2cccc3[nH]c(-c4n[nH]c5ccc(-c6cncc(CNCC7CCCC7)c6)nc45)cc23)c1. The van der Waals surface area contributed by atoms with Gasteiger partial charge in [-0.2, -0.15) is 5.10 Å². The van der Waals surface area contributed by atoms with Crippen LogP contribution in [0.25, 0.3) is 55.7 Å². The van der Waals surface area contributed by atoms with Crippen LogP contribution < -0.4 is 10.1 Å². The van der Waals surface area contributed by atoms with E-state index in [1.807, 2.05) is 54.9 Å². The standard InChI is InChI=1S/C33H31FN6O/c1-41-25-13-22(12-24(34)14-25)26-7-4-8-29-27(26)15-31(37-29)33-32-30(39-40-33)10-9-28(38-32)23-11-21(18-36-19-23)17-35-16-20-5-2-3-6-20/h4,7-15,18-20,35,37H,2-3,5-6,16-17H2,1H3,(H,39,40). The maximum Gasteiger partial charge on any atom is 0.135 e. The number of nitrogens with zero attached hydrogens (tertiary/aromatic N) is 3. The Bertz CT molecular complexity index is 1850. The van der Waals surface area contributed by atoms with Gasteiger partial charge in [-0.05, 0) is 84.5 Å². The van der Waals surface area contributed by atoms with Crippen LogP contribution in [0.1, 0.15) is 31.2 Å². The maximum absolute atomic E-state index is 14.3. The summed E-state index contributed by atoms with van der Waals surface area (Å²) in [4.78, 5) is 13.0. The van der Waals surface area contributed by atoms with Crippen molar-refractivity contribution < 1.29 is 9.13 Å². The van der Waals surface area contributed by atoms with E-state index in [9.17, 15) is 4.39 Å². The number of aromatic nitrogens is 5. The second-order valence-electron chi connectivity index (χ2n) is 10.9. The van der Waals surface area contributed by atoms with Gasteiger partial charge in [0.05, 0.1) is 24.0 Å². The highest BCUT2D eigenvalue weighted by Gasteiger charge is 2.17. The van der Waals surface area contributed by atoms with Crippen molar-refractivity contribution in [3.05, 3.63) is 84.4 Å². The number of halogens is 1. The summed E-state index contributed by atoms with van der Waals surface area (Å²) in [6.45, 7) is 1.86. The highest BCUT2D eigenvalue weighted by molar-refractivity contribution is 6.00. The molecule has 7 rings (SSSR count). The van der Waals surface area contributed by atoms with Crippen LogP contribution in [0.15, 0.2) is 73.1 Å². The summed E-state index contributed by atoms with van der Waals surface area (Å²) in [5, 5.41) is 12.3. The fraction of sp³-hybridized carbons (Fsp3) is 0.242. The van der Waals surface area contributed by atoms with Gasteiger partial charge in [0.1, 0.15) is 22.8 Å². The third kappa shape index (κ3) is 5.07. The molecule has 0 saturated heterocycles. The molecule has 2 aromatic carbocycles. The van der Waals surface area contributed by atoms with E-state index < -0.39 is 0 Å². The number of benzene rings is 2. The van der Waals surface area contributed by atoms with Gasteiger partial charge in [0, 0.05) is 41.5 Å². The molecule has 6 aromatic rings. The number of hydrogen-bond acceptors (Lipinski definition) is 5. The molecule has 0 atom stereocenters. The van der Waals surface area contributed by atoms with Crippen LogP contribution in [-0.2, 0) is 6.54 Å². The maximum atomic E-state index is 14.3. The first-order valence-electron chi connectivity index (χ1n) is 14.1. The Hall–Kier alpha value is -4.56. The van der Waals surface area contributed by atoms with Crippen molar-refractivity contribution in [2.45, 2.75) is 32.2 Å². The Kier molecular flexibility index (Phi) is 6.68. The number of rotatable bonds is 8. The monoisotopic (exact) mass is 546 g/mol. The second kappa shape index (κ2) is 10.8. The van der Waals surface area contributed by atoms with Crippen molar-refractivity contribution in [2.24, 2.45) is 5.92 Å². The van der Waals surface area contributed by atoms with Gasteiger partial charge in [-0.3, -0.25) is 10.1 Å². The molecule has 0 radical (unpaired) electrons. The van der Waals surface area contributed by atoms with Crippen LogP contribution in [0.5, 0.6) is 5.75 Å². The number of nitrogens with one attached hydrogen (secondary N) is 3. The van der Waals surface area contributed by atoms with Crippen molar-refractivity contribution >= 4 is 21.9 Å². The molecule has 41 heavy (non-hydrogen) atoms. The molecular formula is C33H31FN6O. The van der Waals surface area contributed by atoms with E-state index in [-0.39, 0.29) is 5.82 Å². The first kappa shape index (κ1) is 25.4. The van der Waals surface area contributed by atoms with E-state index in [1.165, 1.54) is 44.9 Å². The van der Waals surface area contributed by atoms with E-state index >= 15 is 0 Å². The summed E-state index contributed by atoms with van der Waals surface area (Å²) in [6, 6.07) is 18.9. The fourth-order valence-corrected chi connectivity index (χ4v) is 5.98. The van der Waals surface area contributed by atoms with Gasteiger partial charge in [0.15, 0.2) is 0 Å². The molecule has 0 bridgehead atoms. The molecule has 1 saturated carbocycles. The van der Waals surface area contributed by atoms with E-state index in [0.29, 0.717) is 5.75 Å². The average molecular weight is 547 g/mol. The molecular weight excluding hydrogens is 515 g/mol. The largest absolute Gasteiger partial charge is 0.497 e. The quantitative estimate of drug-likeness (QED) is 0.187. The van der Waals surface area contributed by atoms with Crippen LogP contribution in [0, 0.1) is 11.7 Å². The van der Waals surface area contributed by atoms with E-state index in [1.54, 1.807) is 0 Å². The molecule has 0 amide bonds. The number of fused-ring (bicyclic) bond motifs is 2. The fourth-order valence-electron chi connectivity index (χ4n) is 5.98. The minimum atomic E-state index is -0.342. The molecule has 8 heteroatoms. The zero-order chi connectivity index (χ0) is 27.8. The number of methoxy groups -OCH3 is 1. The molecule has 1 aliphatic carbocycles. The number of ether oxygens (including phenoxy) is 1. The Balaban J connectivity index is 1.21. The van der Waals surface area contributed by atoms with Crippen molar-refractivity contribution in [2.75, 3.05) is 13.7 Å². The first-order chi connectivity index (χ1) is 20.1. The summed E-state index contributed by atoms with van der Waals surface area (Å²) in [5.74, 6) is 0.934. The molecule has 1 fully saturated rings. The van der Waals surface area contributed by atoms with Crippen LogP contribution in [-0.4, -0.2) is 38.8 Å². The van der Waals surface area contributed by atoms with E-state index in [2.05, 4.69) is 31.5 Å². The lowest BCUT2D eigenvalue weighted by Crippen LogP contribution is -2.20. The highest BCUT2D eigenvalue weighted by atomic mass is 19.1. The number of pyridine rings is 2. The number of H-pyrrole nitrogens is 2. The molecule has 1 aliphatic rings. The van der Waals surface area contributed by atoms with E-state index in [4.69, 9.17) is 9.72 Å². The molecule has 0 spiro atoms. The van der Waals surface area contributed by atoms with E-state index in [0.717, 1.165) is 80.3 Å². The Labute approximate surface area is 237 Å². The zero-order valence-corrected chi connectivity index (χ0v) is 22.9. The van der Waals surface area contributed by atoms with Crippen LogP contribution in [0.3, 0.4) is 0 Å². The molecule has 3 N–H and O–H groups in total. The number of aromatic amines is 2. The Morgan fingerprint density at radius 1 is 0.976 bits per heavy atom. The highest BCUT2D eigenvalue weighted by Crippen LogP contribution is 2.35. The van der Waals surface area contributed by atoms with Crippen LogP contribution >= 0.6 is 0 Å². The van der Waals surface area contributed by atoms with Crippen molar-refractivity contribution in [1.82, 2.24) is 30.5 Å². The van der Waals surface area contributed by atoms with Crippen molar-refractivity contribution in [3.63, 3.8) is 0 Å². The normalized spacial score (nSPS) is 13.9. The lowest BCUT2D eigenvalue weighted by atomic mass is 10.0. The molecule has 0 unspecified atom stereocenters.